The van der Waals surface area contributed by atoms with Gasteiger partial charge >= 0.3 is 0 Å². The van der Waals surface area contributed by atoms with Crippen LogP contribution in [0.1, 0.15) is 67.9 Å². The first-order valence-corrected chi connectivity index (χ1v) is 14.0. The first-order valence-electron chi connectivity index (χ1n) is 13.6. The summed E-state index contributed by atoms with van der Waals surface area (Å²) >= 11 is 6.14. The summed E-state index contributed by atoms with van der Waals surface area (Å²) in [5.74, 6) is 1.01. The molecule has 204 valence electrons. The van der Waals surface area contributed by atoms with Crippen LogP contribution in [0.4, 0.5) is 5.82 Å². The molecule has 1 unspecified atom stereocenters. The Balaban J connectivity index is 1.25. The number of piperidine rings is 1. The van der Waals surface area contributed by atoms with Crippen molar-refractivity contribution < 1.29 is 14.7 Å². The van der Waals surface area contributed by atoms with E-state index in [-0.39, 0.29) is 29.7 Å². The van der Waals surface area contributed by atoms with Crippen molar-refractivity contribution in [3.05, 3.63) is 52.4 Å². The minimum atomic E-state index is -0.535. The van der Waals surface area contributed by atoms with Gasteiger partial charge in [0.2, 0.25) is 11.8 Å². The highest BCUT2D eigenvalue weighted by Gasteiger charge is 2.35. The van der Waals surface area contributed by atoms with Crippen molar-refractivity contribution in [2.75, 3.05) is 50.7 Å². The van der Waals surface area contributed by atoms with Crippen LogP contribution in [0.3, 0.4) is 0 Å². The molecule has 3 atom stereocenters. The third-order valence-electron chi connectivity index (χ3n) is 8.29. The summed E-state index contributed by atoms with van der Waals surface area (Å²) < 4.78 is 0. The molecule has 0 radical (unpaired) electrons. The number of nitrogens with zero attached hydrogens (tertiary/aromatic N) is 5. The van der Waals surface area contributed by atoms with Gasteiger partial charge in [-0.25, -0.2) is 9.97 Å². The number of carbonyl (C=O) groups excluding carboxylic acids is 2. The van der Waals surface area contributed by atoms with Crippen LogP contribution < -0.4 is 10.2 Å². The zero-order chi connectivity index (χ0) is 26.8. The van der Waals surface area contributed by atoms with E-state index in [0.29, 0.717) is 44.2 Å². The molecule has 5 rings (SSSR count). The van der Waals surface area contributed by atoms with Gasteiger partial charge in [-0.15, -0.1) is 0 Å². The van der Waals surface area contributed by atoms with E-state index in [1.54, 1.807) is 6.92 Å². The number of benzene rings is 1. The zero-order valence-corrected chi connectivity index (χ0v) is 22.9. The van der Waals surface area contributed by atoms with Gasteiger partial charge in [0.15, 0.2) is 0 Å². The van der Waals surface area contributed by atoms with Gasteiger partial charge in [0.25, 0.3) is 0 Å². The average molecular weight is 541 g/mol. The highest BCUT2D eigenvalue weighted by atomic mass is 35.5. The van der Waals surface area contributed by atoms with Crippen molar-refractivity contribution >= 4 is 29.2 Å². The highest BCUT2D eigenvalue weighted by molar-refractivity contribution is 6.30. The van der Waals surface area contributed by atoms with E-state index in [1.807, 2.05) is 34.1 Å². The van der Waals surface area contributed by atoms with E-state index < -0.39 is 6.10 Å². The maximum Gasteiger partial charge on any atom is 0.231 e. The molecule has 3 heterocycles. The number of anilines is 1. The van der Waals surface area contributed by atoms with Gasteiger partial charge in [-0.3, -0.25) is 9.59 Å². The number of likely N-dealkylation sites (tertiary alicyclic amines) is 1. The quantitative estimate of drug-likeness (QED) is 0.581. The standard InChI is InChI=1S/C28H37ClN6O3/c1-18-15-24(37)26-25(18)27(32-17-31-26)34-11-13-35(14-12-34)28(38)23(20-3-5-21(29)6-4-20)16-30-22-7-9-33(10-8-22)19(2)36/h3-6,17-18,22-24,30,37H,7-16H2,1-2H3/t18-,23?,24-/m1/s1. The first-order chi connectivity index (χ1) is 18.3. The van der Waals surface area contributed by atoms with Crippen LogP contribution in [0.25, 0.3) is 0 Å². The number of halogens is 1. The van der Waals surface area contributed by atoms with Crippen molar-refractivity contribution in [3.63, 3.8) is 0 Å². The molecule has 9 nitrogen and oxygen atoms in total. The van der Waals surface area contributed by atoms with Crippen molar-refractivity contribution in [1.29, 1.82) is 0 Å². The average Bonchev–Trinajstić information content (AvgIpc) is 3.23. The number of piperazine rings is 1. The molecule has 0 bridgehead atoms. The number of aliphatic hydroxyl groups is 1. The Hall–Kier alpha value is -2.75. The Kier molecular flexibility index (Phi) is 8.16. The molecule has 2 saturated heterocycles. The predicted octanol–water partition coefficient (Wildman–Crippen LogP) is 2.70. The summed E-state index contributed by atoms with van der Waals surface area (Å²) in [5.41, 5.74) is 2.73. The number of hydrogen-bond acceptors (Lipinski definition) is 7. The number of amides is 2. The summed E-state index contributed by atoms with van der Waals surface area (Å²) in [6, 6.07) is 7.84. The van der Waals surface area contributed by atoms with E-state index in [2.05, 4.69) is 27.1 Å². The maximum absolute atomic E-state index is 13.8. The Bertz CT molecular complexity index is 1150. The normalized spacial score (nSPS) is 22.9. The predicted molar refractivity (Wildman–Crippen MR) is 146 cm³/mol. The fourth-order valence-electron chi connectivity index (χ4n) is 6.04. The number of hydrogen-bond donors (Lipinski definition) is 2. The SMILES string of the molecule is CC(=O)N1CCC(NCC(C(=O)N2CCN(c3ncnc4c3[C@H](C)C[C@H]4O)CC2)c2ccc(Cl)cc2)CC1. The van der Waals surface area contributed by atoms with Gasteiger partial charge in [-0.2, -0.15) is 0 Å². The van der Waals surface area contributed by atoms with Crippen molar-refractivity contribution in [2.24, 2.45) is 0 Å². The van der Waals surface area contributed by atoms with Crippen LogP contribution in [0.15, 0.2) is 30.6 Å². The van der Waals surface area contributed by atoms with Gasteiger partial charge in [0, 0.05) is 69.4 Å². The minimum absolute atomic E-state index is 0.109. The third kappa shape index (κ3) is 5.65. The summed E-state index contributed by atoms with van der Waals surface area (Å²) in [7, 11) is 0. The van der Waals surface area contributed by atoms with Gasteiger partial charge in [0.05, 0.1) is 17.7 Å². The highest BCUT2D eigenvalue weighted by Crippen LogP contribution is 2.42. The Morgan fingerprint density at radius 1 is 1.05 bits per heavy atom. The van der Waals surface area contributed by atoms with E-state index in [0.717, 1.165) is 48.6 Å². The molecule has 2 N–H and O–H groups in total. The second kappa shape index (κ2) is 11.6. The van der Waals surface area contributed by atoms with Gasteiger partial charge in [-0.1, -0.05) is 30.7 Å². The summed E-state index contributed by atoms with van der Waals surface area (Å²) in [5, 5.41) is 14.6. The van der Waals surface area contributed by atoms with Crippen molar-refractivity contribution in [3.8, 4) is 0 Å². The lowest BCUT2D eigenvalue weighted by atomic mass is 9.95. The van der Waals surface area contributed by atoms with Crippen LogP contribution in [0.5, 0.6) is 0 Å². The molecule has 2 aromatic rings. The molecule has 1 aromatic heterocycles. The molecule has 2 amide bonds. The van der Waals surface area contributed by atoms with Crippen molar-refractivity contribution in [1.82, 2.24) is 25.1 Å². The summed E-state index contributed by atoms with van der Waals surface area (Å²) in [6.45, 7) is 8.34. The van der Waals surface area contributed by atoms with Crippen LogP contribution in [-0.2, 0) is 9.59 Å². The summed E-state index contributed by atoms with van der Waals surface area (Å²) in [4.78, 5) is 40.5. The molecular weight excluding hydrogens is 504 g/mol. The maximum atomic E-state index is 13.8. The lowest BCUT2D eigenvalue weighted by molar-refractivity contribution is -0.133. The van der Waals surface area contributed by atoms with E-state index in [4.69, 9.17) is 11.6 Å². The number of nitrogens with one attached hydrogen (secondary N) is 1. The van der Waals surface area contributed by atoms with Gasteiger partial charge in [0.1, 0.15) is 12.1 Å². The van der Waals surface area contributed by atoms with E-state index in [9.17, 15) is 14.7 Å². The number of carbonyl (C=O) groups is 2. The topological polar surface area (TPSA) is 102 Å². The fraction of sp³-hybridized carbons (Fsp3) is 0.571. The summed E-state index contributed by atoms with van der Waals surface area (Å²) in [6.07, 6.45) is 3.44. The number of aliphatic hydroxyl groups excluding tert-OH is 1. The van der Waals surface area contributed by atoms with Crippen molar-refractivity contribution in [2.45, 2.75) is 57.1 Å². The molecule has 10 heteroatoms. The fourth-order valence-corrected chi connectivity index (χ4v) is 6.16. The van der Waals surface area contributed by atoms with E-state index >= 15 is 0 Å². The molecule has 1 aliphatic carbocycles. The Morgan fingerprint density at radius 2 is 1.74 bits per heavy atom. The molecule has 1 aromatic carbocycles. The molecular formula is C28H37ClN6O3. The smallest absolute Gasteiger partial charge is 0.231 e. The van der Waals surface area contributed by atoms with Crippen LogP contribution in [0, 0.1) is 0 Å². The molecule has 2 aliphatic heterocycles. The number of rotatable bonds is 6. The number of aromatic nitrogens is 2. The third-order valence-corrected chi connectivity index (χ3v) is 8.54. The molecule has 38 heavy (non-hydrogen) atoms. The van der Waals surface area contributed by atoms with E-state index in [1.165, 1.54) is 6.33 Å². The lowest BCUT2D eigenvalue weighted by Crippen LogP contribution is -2.52. The minimum Gasteiger partial charge on any atom is -0.387 e. The Labute approximate surface area is 229 Å². The molecule has 0 saturated carbocycles. The molecule has 2 fully saturated rings. The van der Waals surface area contributed by atoms with Crippen LogP contribution >= 0.6 is 11.6 Å². The second-order valence-corrected chi connectivity index (χ2v) is 11.2. The largest absolute Gasteiger partial charge is 0.387 e. The zero-order valence-electron chi connectivity index (χ0n) is 22.1. The van der Waals surface area contributed by atoms with Crippen LogP contribution in [0.2, 0.25) is 5.02 Å². The lowest BCUT2D eigenvalue weighted by Gasteiger charge is -2.38. The van der Waals surface area contributed by atoms with Crippen LogP contribution in [-0.4, -0.2) is 88.5 Å². The second-order valence-electron chi connectivity index (χ2n) is 10.8. The Morgan fingerprint density at radius 3 is 2.39 bits per heavy atom. The first kappa shape index (κ1) is 26.8. The molecule has 0 spiro atoms. The number of fused-ring (bicyclic) bond motifs is 1. The molecule has 3 aliphatic rings. The van der Waals surface area contributed by atoms with Gasteiger partial charge < -0.3 is 25.1 Å². The van der Waals surface area contributed by atoms with Gasteiger partial charge in [-0.05, 0) is 42.9 Å². The monoisotopic (exact) mass is 540 g/mol.